The van der Waals surface area contributed by atoms with Crippen LogP contribution in [0.15, 0.2) is 59.1 Å². The molecule has 6 nitrogen and oxygen atoms in total. The molecule has 0 atom stereocenters. The number of benzene rings is 2. The van der Waals surface area contributed by atoms with E-state index < -0.39 is 0 Å². The van der Waals surface area contributed by atoms with Crippen molar-refractivity contribution in [2.24, 2.45) is 0 Å². The molecule has 2 aromatic carbocycles. The zero-order valence-electron chi connectivity index (χ0n) is 20.0. The predicted octanol–water partition coefficient (Wildman–Crippen LogP) is 5.73. The molecule has 0 fully saturated rings. The third-order valence-corrected chi connectivity index (χ3v) is 6.02. The van der Waals surface area contributed by atoms with Crippen molar-refractivity contribution in [3.63, 3.8) is 0 Å². The standard InChI is InChI=1S/C26H31BrN4O2/c1-17(2)30(25(33)20-9-7-8-10-21(20)27)16-24(32)28-23-15-22(26(4,5)6)29-31(23)19-13-11-18(3)12-14-19/h7-15,17H,16H2,1-6H3,(H,28,32). The van der Waals surface area contributed by atoms with Gasteiger partial charge in [0.25, 0.3) is 5.91 Å². The average Bonchev–Trinajstić information content (AvgIpc) is 3.16. The van der Waals surface area contributed by atoms with Gasteiger partial charge in [-0.1, -0.05) is 50.6 Å². The summed E-state index contributed by atoms with van der Waals surface area (Å²) in [7, 11) is 0. The smallest absolute Gasteiger partial charge is 0.255 e. The first kappa shape index (κ1) is 24.7. The highest BCUT2D eigenvalue weighted by Crippen LogP contribution is 2.27. The molecule has 0 aliphatic heterocycles. The van der Waals surface area contributed by atoms with Gasteiger partial charge in [0.2, 0.25) is 5.91 Å². The van der Waals surface area contributed by atoms with Gasteiger partial charge in [-0.25, -0.2) is 4.68 Å². The van der Waals surface area contributed by atoms with Crippen LogP contribution in [0.25, 0.3) is 5.69 Å². The Labute approximate surface area is 204 Å². The van der Waals surface area contributed by atoms with Crippen LogP contribution in [0.3, 0.4) is 0 Å². The summed E-state index contributed by atoms with van der Waals surface area (Å²) < 4.78 is 2.45. The second-order valence-corrected chi connectivity index (χ2v) is 10.3. The summed E-state index contributed by atoms with van der Waals surface area (Å²) in [5, 5.41) is 7.74. The van der Waals surface area contributed by atoms with Crippen molar-refractivity contribution in [1.82, 2.24) is 14.7 Å². The molecule has 0 aliphatic carbocycles. The van der Waals surface area contributed by atoms with E-state index in [1.165, 1.54) is 0 Å². The maximum Gasteiger partial charge on any atom is 0.255 e. The van der Waals surface area contributed by atoms with Gasteiger partial charge in [0.05, 0.1) is 16.9 Å². The van der Waals surface area contributed by atoms with Crippen LogP contribution in [-0.2, 0) is 10.2 Å². The molecule has 1 aromatic heterocycles. The number of nitrogens with one attached hydrogen (secondary N) is 1. The zero-order valence-corrected chi connectivity index (χ0v) is 21.6. The number of amides is 2. The molecule has 1 N–H and O–H groups in total. The molecule has 174 valence electrons. The molecule has 0 aliphatic rings. The second-order valence-electron chi connectivity index (χ2n) is 9.47. The van der Waals surface area contributed by atoms with Gasteiger partial charge in [0.15, 0.2) is 0 Å². The molecular weight excluding hydrogens is 480 g/mol. The van der Waals surface area contributed by atoms with Gasteiger partial charge in [0, 0.05) is 22.0 Å². The maximum atomic E-state index is 13.1. The van der Waals surface area contributed by atoms with Gasteiger partial charge in [-0.2, -0.15) is 5.10 Å². The van der Waals surface area contributed by atoms with E-state index in [1.807, 2.05) is 69.3 Å². The summed E-state index contributed by atoms with van der Waals surface area (Å²) >= 11 is 3.44. The number of aryl methyl sites for hydroxylation is 1. The lowest BCUT2D eigenvalue weighted by Gasteiger charge is -2.26. The fourth-order valence-electron chi connectivity index (χ4n) is 3.33. The SMILES string of the molecule is Cc1ccc(-n2nc(C(C)(C)C)cc2NC(=O)CN(C(=O)c2ccccc2Br)C(C)C)cc1. The highest BCUT2D eigenvalue weighted by Gasteiger charge is 2.25. The van der Waals surface area contributed by atoms with E-state index >= 15 is 0 Å². The number of nitrogens with zero attached hydrogens (tertiary/aromatic N) is 3. The summed E-state index contributed by atoms with van der Waals surface area (Å²) in [5.41, 5.74) is 3.21. The van der Waals surface area contributed by atoms with E-state index in [0.717, 1.165) is 16.9 Å². The van der Waals surface area contributed by atoms with Crippen LogP contribution in [0.5, 0.6) is 0 Å². The molecule has 2 amide bonds. The fraction of sp³-hybridized carbons (Fsp3) is 0.346. The quantitative estimate of drug-likeness (QED) is 0.460. The zero-order chi connectivity index (χ0) is 24.3. The molecule has 0 radical (unpaired) electrons. The molecule has 7 heteroatoms. The van der Waals surface area contributed by atoms with Crippen LogP contribution in [0.2, 0.25) is 0 Å². The Morgan fingerprint density at radius 3 is 2.30 bits per heavy atom. The van der Waals surface area contributed by atoms with Crippen molar-refractivity contribution in [2.75, 3.05) is 11.9 Å². The normalized spacial score (nSPS) is 11.5. The van der Waals surface area contributed by atoms with Crippen LogP contribution < -0.4 is 5.32 Å². The van der Waals surface area contributed by atoms with Crippen LogP contribution in [0, 0.1) is 6.92 Å². The van der Waals surface area contributed by atoms with Gasteiger partial charge in [0.1, 0.15) is 12.4 Å². The summed E-state index contributed by atoms with van der Waals surface area (Å²) in [6.07, 6.45) is 0. The Kier molecular flexibility index (Phi) is 7.42. The monoisotopic (exact) mass is 510 g/mol. The third kappa shape index (κ3) is 5.90. The van der Waals surface area contributed by atoms with Gasteiger partial charge in [-0.3, -0.25) is 9.59 Å². The lowest BCUT2D eigenvalue weighted by Crippen LogP contribution is -2.42. The molecule has 0 saturated heterocycles. The molecule has 0 saturated carbocycles. The second kappa shape index (κ2) is 9.91. The van der Waals surface area contributed by atoms with E-state index in [0.29, 0.717) is 15.9 Å². The number of carbonyl (C=O) groups is 2. The van der Waals surface area contributed by atoms with Crippen molar-refractivity contribution in [1.29, 1.82) is 0 Å². The molecule has 3 aromatic rings. The first-order valence-corrected chi connectivity index (χ1v) is 11.8. The van der Waals surface area contributed by atoms with Gasteiger partial charge in [-0.15, -0.1) is 0 Å². The number of hydrogen-bond acceptors (Lipinski definition) is 3. The van der Waals surface area contributed by atoms with Crippen molar-refractivity contribution >= 4 is 33.6 Å². The minimum atomic E-state index is -0.280. The van der Waals surface area contributed by atoms with E-state index in [4.69, 9.17) is 5.10 Å². The van der Waals surface area contributed by atoms with Crippen molar-refractivity contribution in [2.45, 2.75) is 53.0 Å². The minimum absolute atomic E-state index is 0.0677. The molecule has 0 bridgehead atoms. The predicted molar refractivity (Wildman–Crippen MR) is 136 cm³/mol. The Morgan fingerprint density at radius 2 is 1.73 bits per heavy atom. The van der Waals surface area contributed by atoms with E-state index in [-0.39, 0.29) is 29.8 Å². The number of rotatable bonds is 6. The lowest BCUT2D eigenvalue weighted by molar-refractivity contribution is -0.117. The number of halogens is 1. The van der Waals surface area contributed by atoms with Crippen LogP contribution >= 0.6 is 15.9 Å². The maximum absolute atomic E-state index is 13.1. The first-order chi connectivity index (χ1) is 15.5. The molecule has 33 heavy (non-hydrogen) atoms. The highest BCUT2D eigenvalue weighted by molar-refractivity contribution is 9.10. The average molecular weight is 511 g/mol. The number of aromatic nitrogens is 2. The largest absolute Gasteiger partial charge is 0.327 e. The Hall–Kier alpha value is -2.93. The first-order valence-electron chi connectivity index (χ1n) is 11.0. The van der Waals surface area contributed by atoms with E-state index in [9.17, 15) is 9.59 Å². The molecule has 0 unspecified atom stereocenters. The number of hydrogen-bond donors (Lipinski definition) is 1. The van der Waals surface area contributed by atoms with Crippen molar-refractivity contribution in [3.8, 4) is 5.69 Å². The Morgan fingerprint density at radius 1 is 1.09 bits per heavy atom. The van der Waals surface area contributed by atoms with Crippen molar-refractivity contribution in [3.05, 3.63) is 75.9 Å². The Bertz CT molecular complexity index is 1140. The molecule has 1 heterocycles. The Balaban J connectivity index is 1.88. The van der Waals surface area contributed by atoms with Crippen molar-refractivity contribution < 1.29 is 9.59 Å². The van der Waals surface area contributed by atoms with Crippen LogP contribution in [-0.4, -0.2) is 39.1 Å². The molecule has 0 spiro atoms. The van der Waals surface area contributed by atoms with Gasteiger partial charge < -0.3 is 10.2 Å². The minimum Gasteiger partial charge on any atom is -0.327 e. The highest BCUT2D eigenvalue weighted by atomic mass is 79.9. The number of anilines is 1. The third-order valence-electron chi connectivity index (χ3n) is 5.33. The van der Waals surface area contributed by atoms with Crippen LogP contribution in [0.1, 0.15) is 56.2 Å². The fourth-order valence-corrected chi connectivity index (χ4v) is 3.79. The van der Waals surface area contributed by atoms with Gasteiger partial charge >= 0.3 is 0 Å². The molecular formula is C26H31BrN4O2. The van der Waals surface area contributed by atoms with E-state index in [1.54, 1.807) is 15.6 Å². The topological polar surface area (TPSA) is 67.2 Å². The van der Waals surface area contributed by atoms with E-state index in [2.05, 4.69) is 42.0 Å². The molecule has 3 rings (SSSR count). The van der Waals surface area contributed by atoms with Gasteiger partial charge in [-0.05, 0) is 61.0 Å². The number of carbonyl (C=O) groups excluding carboxylic acids is 2. The summed E-state index contributed by atoms with van der Waals surface area (Å²) in [6, 6.07) is 16.9. The summed E-state index contributed by atoms with van der Waals surface area (Å²) in [4.78, 5) is 27.8. The lowest BCUT2D eigenvalue weighted by atomic mass is 9.92. The summed E-state index contributed by atoms with van der Waals surface area (Å²) in [6.45, 7) is 12.0. The summed E-state index contributed by atoms with van der Waals surface area (Å²) in [5.74, 6) is 0.0960. The van der Waals surface area contributed by atoms with Crippen LogP contribution in [0.4, 0.5) is 5.82 Å².